The minimum absolute atomic E-state index is 0.222. The van der Waals surface area contributed by atoms with E-state index in [0.717, 1.165) is 6.07 Å². The highest BCUT2D eigenvalue weighted by Crippen LogP contribution is 2.20. The van der Waals surface area contributed by atoms with Gasteiger partial charge in [-0.05, 0) is 12.1 Å². The van der Waals surface area contributed by atoms with Gasteiger partial charge in [-0.2, -0.15) is 18.4 Å². The number of carbonyl (C=O) groups excluding carboxylic acids is 1. The summed E-state index contributed by atoms with van der Waals surface area (Å²) in [5.41, 5.74) is -0.989. The number of carbonyl (C=O) groups is 1. The molecular weight excluding hydrogens is 197 g/mol. The van der Waals surface area contributed by atoms with Crippen molar-refractivity contribution >= 4 is 5.78 Å². The Morgan fingerprint density at radius 1 is 1.43 bits per heavy atom. The van der Waals surface area contributed by atoms with Gasteiger partial charge in [0.15, 0.2) is 0 Å². The van der Waals surface area contributed by atoms with Crippen LogP contribution in [0, 0.1) is 11.3 Å². The molecule has 6 heteroatoms. The topological polar surface area (TPSA) is 53.8 Å². The van der Waals surface area contributed by atoms with Crippen molar-refractivity contribution in [1.82, 2.24) is 4.98 Å². The molecule has 0 saturated heterocycles. The molecule has 1 heterocycles. The van der Waals surface area contributed by atoms with Crippen molar-refractivity contribution < 1.29 is 18.0 Å². The second-order valence-electron chi connectivity index (χ2n) is 2.35. The molecule has 0 unspecified atom stereocenters. The first-order valence-corrected chi connectivity index (χ1v) is 3.44. The molecule has 0 saturated carbocycles. The second kappa shape index (κ2) is 3.46. The Hall–Kier alpha value is -1.90. The van der Waals surface area contributed by atoms with Gasteiger partial charge in [-0.3, -0.25) is 4.79 Å². The number of nitrogens with zero attached hydrogens (tertiary/aromatic N) is 2. The second-order valence-corrected chi connectivity index (χ2v) is 2.35. The number of hydrogen-bond acceptors (Lipinski definition) is 3. The molecule has 72 valence electrons. The number of ketones is 1. The van der Waals surface area contributed by atoms with E-state index < -0.39 is 17.7 Å². The zero-order chi connectivity index (χ0) is 10.8. The van der Waals surface area contributed by atoms with E-state index in [1.807, 2.05) is 0 Å². The first-order chi connectivity index (χ1) is 6.45. The molecule has 0 aliphatic carbocycles. The fraction of sp³-hybridized carbons (Fsp3) is 0.125. The van der Waals surface area contributed by atoms with E-state index in [2.05, 4.69) is 4.98 Å². The molecule has 0 amide bonds. The van der Waals surface area contributed by atoms with Gasteiger partial charge in [0.2, 0.25) is 0 Å². The van der Waals surface area contributed by atoms with Crippen molar-refractivity contribution in [3.05, 3.63) is 29.6 Å². The van der Waals surface area contributed by atoms with E-state index in [-0.39, 0.29) is 5.69 Å². The molecule has 0 aliphatic rings. The fourth-order valence-electron chi connectivity index (χ4n) is 0.769. The monoisotopic (exact) mass is 200 g/mol. The number of hydrogen-bond donors (Lipinski definition) is 0. The van der Waals surface area contributed by atoms with Crippen molar-refractivity contribution in [2.75, 3.05) is 0 Å². The largest absolute Gasteiger partial charge is 0.456 e. The summed E-state index contributed by atoms with van der Waals surface area (Å²) in [6.07, 6.45) is -4.96. The molecule has 0 radical (unpaired) electrons. The molecule has 0 fully saturated rings. The van der Waals surface area contributed by atoms with Crippen molar-refractivity contribution in [2.45, 2.75) is 6.18 Å². The van der Waals surface area contributed by atoms with E-state index in [4.69, 9.17) is 5.26 Å². The van der Waals surface area contributed by atoms with Gasteiger partial charge in [-0.15, -0.1) is 0 Å². The zero-order valence-electron chi connectivity index (χ0n) is 6.67. The molecule has 0 aliphatic heterocycles. The predicted molar refractivity (Wildman–Crippen MR) is 39.3 cm³/mol. The third kappa shape index (κ3) is 2.07. The summed E-state index contributed by atoms with van der Waals surface area (Å²) in [7, 11) is 0. The first-order valence-electron chi connectivity index (χ1n) is 3.44. The Morgan fingerprint density at radius 2 is 2.07 bits per heavy atom. The van der Waals surface area contributed by atoms with E-state index >= 15 is 0 Å². The Balaban J connectivity index is 3.10. The number of nitriles is 1. The number of alkyl halides is 3. The molecular formula is C8H3F3N2O. The average Bonchev–Trinajstić information content (AvgIpc) is 2.15. The minimum Gasteiger partial charge on any atom is -0.282 e. The van der Waals surface area contributed by atoms with Crippen LogP contribution in [0.15, 0.2) is 18.2 Å². The fourth-order valence-corrected chi connectivity index (χ4v) is 0.769. The highest BCUT2D eigenvalue weighted by Gasteiger charge is 2.40. The maximum absolute atomic E-state index is 11.9. The predicted octanol–water partition coefficient (Wildman–Crippen LogP) is 1.70. The van der Waals surface area contributed by atoms with Crippen molar-refractivity contribution in [3.8, 4) is 6.07 Å². The highest BCUT2D eigenvalue weighted by molar-refractivity contribution is 5.98. The summed E-state index contributed by atoms with van der Waals surface area (Å²) >= 11 is 0. The molecule has 0 bridgehead atoms. The number of halogens is 3. The Labute approximate surface area is 76.8 Å². The van der Waals surface area contributed by atoms with Crippen LogP contribution in [0.4, 0.5) is 13.2 Å². The summed E-state index contributed by atoms with van der Waals surface area (Å²) in [6.45, 7) is 0. The molecule has 0 spiro atoms. The first kappa shape index (κ1) is 10.2. The van der Waals surface area contributed by atoms with Crippen LogP contribution in [0.2, 0.25) is 0 Å². The van der Waals surface area contributed by atoms with Gasteiger partial charge in [0, 0.05) is 0 Å². The molecule has 14 heavy (non-hydrogen) atoms. The van der Waals surface area contributed by atoms with Crippen LogP contribution in [-0.2, 0) is 0 Å². The van der Waals surface area contributed by atoms with E-state index in [1.165, 1.54) is 12.1 Å². The van der Waals surface area contributed by atoms with Gasteiger partial charge in [0.1, 0.15) is 17.5 Å². The van der Waals surface area contributed by atoms with Gasteiger partial charge in [-0.25, -0.2) is 4.98 Å². The smallest absolute Gasteiger partial charge is 0.282 e. The van der Waals surface area contributed by atoms with Crippen molar-refractivity contribution in [3.63, 3.8) is 0 Å². The van der Waals surface area contributed by atoms with Gasteiger partial charge < -0.3 is 0 Å². The molecule has 1 aromatic heterocycles. The van der Waals surface area contributed by atoms with Gasteiger partial charge >= 0.3 is 6.18 Å². The number of rotatable bonds is 1. The summed E-state index contributed by atoms with van der Waals surface area (Å²) in [5, 5.41) is 8.34. The molecule has 0 aromatic carbocycles. The van der Waals surface area contributed by atoms with Crippen LogP contribution >= 0.6 is 0 Å². The Morgan fingerprint density at radius 3 is 2.57 bits per heavy atom. The maximum atomic E-state index is 11.9. The average molecular weight is 200 g/mol. The van der Waals surface area contributed by atoms with Crippen LogP contribution < -0.4 is 0 Å². The molecule has 3 nitrogen and oxygen atoms in total. The maximum Gasteiger partial charge on any atom is 0.456 e. The van der Waals surface area contributed by atoms with Crippen LogP contribution in [0.5, 0.6) is 0 Å². The lowest BCUT2D eigenvalue weighted by atomic mass is 10.2. The summed E-state index contributed by atoms with van der Waals surface area (Å²) in [4.78, 5) is 13.9. The number of aromatic nitrogens is 1. The highest BCUT2D eigenvalue weighted by atomic mass is 19.4. The van der Waals surface area contributed by atoms with E-state index in [9.17, 15) is 18.0 Å². The standard InChI is InChI=1S/C8H3F3N2O/c9-8(10,11)7(14)6-3-1-2-5(4-12)13-6/h1-3H. The normalized spacial score (nSPS) is 10.7. The SMILES string of the molecule is N#Cc1cccc(C(=O)C(F)(F)F)n1. The molecule has 1 aromatic rings. The lowest BCUT2D eigenvalue weighted by Crippen LogP contribution is -2.23. The van der Waals surface area contributed by atoms with E-state index in [1.54, 1.807) is 6.07 Å². The number of pyridine rings is 1. The van der Waals surface area contributed by atoms with Crippen molar-refractivity contribution in [2.24, 2.45) is 0 Å². The van der Waals surface area contributed by atoms with Crippen LogP contribution in [0.1, 0.15) is 16.2 Å². The Bertz CT molecular complexity index is 406. The molecule has 1 rings (SSSR count). The summed E-state index contributed by atoms with van der Waals surface area (Å²) in [6, 6.07) is 4.84. The van der Waals surface area contributed by atoms with E-state index in [0.29, 0.717) is 0 Å². The van der Waals surface area contributed by atoms with Crippen LogP contribution in [-0.4, -0.2) is 16.9 Å². The summed E-state index contributed by atoms with van der Waals surface area (Å²) in [5.74, 6) is -2.05. The number of Topliss-reactive ketones (excluding diaryl/α,β-unsaturated/α-hetero) is 1. The minimum atomic E-state index is -4.96. The summed E-state index contributed by atoms with van der Waals surface area (Å²) < 4.78 is 35.7. The third-order valence-electron chi connectivity index (χ3n) is 1.35. The van der Waals surface area contributed by atoms with Crippen LogP contribution in [0.3, 0.4) is 0 Å². The van der Waals surface area contributed by atoms with Gasteiger partial charge in [0.05, 0.1) is 0 Å². The lowest BCUT2D eigenvalue weighted by Gasteiger charge is -2.03. The van der Waals surface area contributed by atoms with Gasteiger partial charge in [0.25, 0.3) is 5.78 Å². The van der Waals surface area contributed by atoms with Gasteiger partial charge in [-0.1, -0.05) is 6.07 Å². The Kier molecular flexibility index (Phi) is 2.51. The van der Waals surface area contributed by atoms with Crippen LogP contribution in [0.25, 0.3) is 0 Å². The lowest BCUT2D eigenvalue weighted by molar-refractivity contribution is -0.0888. The zero-order valence-corrected chi connectivity index (χ0v) is 6.67. The molecule has 0 atom stereocenters. The van der Waals surface area contributed by atoms with Crippen molar-refractivity contribution in [1.29, 1.82) is 5.26 Å². The quantitative estimate of drug-likeness (QED) is 0.648. The third-order valence-corrected chi connectivity index (χ3v) is 1.35. The molecule has 0 N–H and O–H groups in total.